The zero-order chi connectivity index (χ0) is 20.1. The number of hydrogen-bond donors (Lipinski definition) is 1. The summed E-state index contributed by atoms with van der Waals surface area (Å²) in [6, 6.07) is 7.59. The number of amides is 1. The zero-order valence-electron chi connectivity index (χ0n) is 15.5. The lowest BCUT2D eigenvalue weighted by Gasteiger charge is -2.35. The number of aromatic nitrogens is 1. The maximum atomic E-state index is 13.9. The molecule has 0 saturated carbocycles. The summed E-state index contributed by atoms with van der Waals surface area (Å²) in [7, 11) is 1.42. The molecule has 1 fully saturated rings. The van der Waals surface area contributed by atoms with Crippen LogP contribution in [-0.4, -0.2) is 54.9 Å². The van der Waals surface area contributed by atoms with Gasteiger partial charge in [0.05, 0.1) is 24.6 Å². The molecule has 3 rings (SSSR count). The van der Waals surface area contributed by atoms with E-state index in [-0.39, 0.29) is 11.5 Å². The summed E-state index contributed by atoms with van der Waals surface area (Å²) in [6.45, 7) is 2.32. The monoisotopic (exact) mass is 384 g/mol. The minimum atomic E-state index is -0.688. The molecule has 1 saturated heterocycles. The summed E-state index contributed by atoms with van der Waals surface area (Å²) >= 11 is 0. The van der Waals surface area contributed by atoms with Crippen molar-refractivity contribution in [3.8, 4) is 5.75 Å². The van der Waals surface area contributed by atoms with Crippen LogP contribution < -0.4 is 15.4 Å². The second-order valence-electron chi connectivity index (χ2n) is 6.30. The molecule has 1 aliphatic heterocycles. The molecule has 1 amide bonds. The van der Waals surface area contributed by atoms with Crippen LogP contribution in [0.4, 0.5) is 15.9 Å². The van der Waals surface area contributed by atoms with Crippen LogP contribution in [0.3, 0.4) is 0 Å². The minimum absolute atomic E-state index is 0.106. The van der Waals surface area contributed by atoms with Gasteiger partial charge in [0, 0.05) is 38.3 Å². The number of carbonyl (C=O) groups excluding carboxylic acids is 2. The highest BCUT2D eigenvalue weighted by Gasteiger charge is 2.20. The van der Waals surface area contributed by atoms with Gasteiger partial charge in [-0.1, -0.05) is 0 Å². The Hall–Kier alpha value is -3.42. The molecule has 2 aromatic rings. The molecule has 2 N–H and O–H groups in total. The molecule has 0 spiro atoms. The number of rotatable bonds is 5. The number of pyridine rings is 1. The number of halogens is 1. The summed E-state index contributed by atoms with van der Waals surface area (Å²) in [5, 5.41) is 0. The molecule has 28 heavy (non-hydrogen) atoms. The second-order valence-corrected chi connectivity index (χ2v) is 6.30. The summed E-state index contributed by atoms with van der Waals surface area (Å²) in [6.07, 6.45) is 3.99. The van der Waals surface area contributed by atoms with E-state index in [1.54, 1.807) is 17.2 Å². The van der Waals surface area contributed by atoms with Gasteiger partial charge in [-0.3, -0.25) is 9.59 Å². The van der Waals surface area contributed by atoms with Crippen LogP contribution in [0, 0.1) is 5.82 Å². The quantitative estimate of drug-likeness (QED) is 0.626. The number of benzene rings is 1. The van der Waals surface area contributed by atoms with Crippen LogP contribution in [0.1, 0.15) is 10.4 Å². The maximum absolute atomic E-state index is 13.9. The van der Waals surface area contributed by atoms with E-state index in [0.29, 0.717) is 37.7 Å². The van der Waals surface area contributed by atoms with E-state index >= 15 is 0 Å². The highest BCUT2D eigenvalue weighted by atomic mass is 19.1. The smallest absolute Gasteiger partial charge is 0.246 e. The Morgan fingerprint density at radius 1 is 1.14 bits per heavy atom. The Balaban J connectivity index is 1.56. The molecule has 0 bridgehead atoms. The molecule has 8 heteroatoms. The number of carbonyl (C=O) groups is 2. The van der Waals surface area contributed by atoms with Crippen molar-refractivity contribution in [2.24, 2.45) is 0 Å². The number of ether oxygens (including phenoxy) is 1. The lowest BCUT2D eigenvalue weighted by Crippen LogP contribution is -2.48. The predicted octanol–water partition coefficient (Wildman–Crippen LogP) is 1.90. The number of nitrogens with two attached hydrogens (primary N) is 1. The highest BCUT2D eigenvalue weighted by molar-refractivity contribution is 6.07. The number of hydrogen-bond acceptors (Lipinski definition) is 6. The first-order chi connectivity index (χ1) is 13.5. The van der Waals surface area contributed by atoms with Crippen LogP contribution >= 0.6 is 0 Å². The molecule has 0 atom stereocenters. The topological polar surface area (TPSA) is 88.8 Å². The predicted molar refractivity (Wildman–Crippen MR) is 104 cm³/mol. The Kier molecular flexibility index (Phi) is 5.88. The fraction of sp³-hybridized carbons (Fsp3) is 0.250. The van der Waals surface area contributed by atoms with Gasteiger partial charge in [0.25, 0.3) is 0 Å². The van der Waals surface area contributed by atoms with E-state index in [4.69, 9.17) is 10.5 Å². The average Bonchev–Trinajstić information content (AvgIpc) is 2.72. The van der Waals surface area contributed by atoms with Gasteiger partial charge in [-0.05, 0) is 30.3 Å². The van der Waals surface area contributed by atoms with Crippen molar-refractivity contribution in [1.82, 2.24) is 9.88 Å². The second kappa shape index (κ2) is 8.51. The number of nitrogens with zero attached hydrogens (tertiary/aromatic N) is 3. The number of ketones is 1. The van der Waals surface area contributed by atoms with E-state index in [9.17, 15) is 14.0 Å². The summed E-state index contributed by atoms with van der Waals surface area (Å²) in [5.41, 5.74) is 6.43. The largest absolute Gasteiger partial charge is 0.497 e. The SMILES string of the molecule is COc1ccc(C(=O)/C=C/C(=O)N2CCN(c3ccc(N)nc3)CC2)c(F)c1. The van der Waals surface area contributed by atoms with Gasteiger partial charge in [0.15, 0.2) is 5.78 Å². The van der Waals surface area contributed by atoms with Crippen molar-refractivity contribution < 1.29 is 18.7 Å². The van der Waals surface area contributed by atoms with Crippen LogP contribution in [0.5, 0.6) is 5.75 Å². The summed E-state index contributed by atoms with van der Waals surface area (Å²) in [4.78, 5) is 32.3. The lowest BCUT2D eigenvalue weighted by molar-refractivity contribution is -0.126. The van der Waals surface area contributed by atoms with E-state index in [1.807, 2.05) is 6.07 Å². The Morgan fingerprint density at radius 2 is 1.89 bits per heavy atom. The van der Waals surface area contributed by atoms with E-state index in [2.05, 4.69) is 9.88 Å². The van der Waals surface area contributed by atoms with Crippen molar-refractivity contribution >= 4 is 23.2 Å². The number of anilines is 2. The minimum Gasteiger partial charge on any atom is -0.497 e. The molecule has 146 valence electrons. The van der Waals surface area contributed by atoms with E-state index in [0.717, 1.165) is 17.8 Å². The van der Waals surface area contributed by atoms with Crippen LogP contribution in [-0.2, 0) is 4.79 Å². The third-order valence-electron chi connectivity index (χ3n) is 4.55. The summed E-state index contributed by atoms with van der Waals surface area (Å²) in [5.74, 6) is -0.756. The number of methoxy groups -OCH3 is 1. The molecule has 1 aromatic heterocycles. The molecule has 7 nitrogen and oxygen atoms in total. The Bertz CT molecular complexity index is 891. The highest BCUT2D eigenvalue weighted by Crippen LogP contribution is 2.18. The van der Waals surface area contributed by atoms with Gasteiger partial charge in [-0.15, -0.1) is 0 Å². The zero-order valence-corrected chi connectivity index (χ0v) is 15.5. The normalized spacial score (nSPS) is 14.4. The first-order valence-corrected chi connectivity index (χ1v) is 8.79. The molecule has 1 aromatic carbocycles. The van der Waals surface area contributed by atoms with Gasteiger partial charge >= 0.3 is 0 Å². The third kappa shape index (κ3) is 4.46. The molecule has 1 aliphatic rings. The molecule has 0 radical (unpaired) electrons. The fourth-order valence-corrected chi connectivity index (χ4v) is 2.93. The van der Waals surface area contributed by atoms with Crippen LogP contribution in [0.2, 0.25) is 0 Å². The van der Waals surface area contributed by atoms with E-state index < -0.39 is 11.6 Å². The summed E-state index contributed by atoms with van der Waals surface area (Å²) < 4.78 is 18.9. The Morgan fingerprint density at radius 3 is 2.50 bits per heavy atom. The van der Waals surface area contributed by atoms with Crippen molar-refractivity contribution in [2.45, 2.75) is 0 Å². The van der Waals surface area contributed by atoms with Crippen LogP contribution in [0.25, 0.3) is 0 Å². The van der Waals surface area contributed by atoms with Crippen molar-refractivity contribution in [2.75, 3.05) is 43.9 Å². The lowest BCUT2D eigenvalue weighted by atomic mass is 10.1. The molecule has 0 aliphatic carbocycles. The van der Waals surface area contributed by atoms with Crippen molar-refractivity contribution in [1.29, 1.82) is 0 Å². The van der Waals surface area contributed by atoms with Crippen molar-refractivity contribution in [3.05, 3.63) is 60.1 Å². The Labute approximate surface area is 162 Å². The molecule has 0 unspecified atom stereocenters. The number of piperazine rings is 1. The first kappa shape index (κ1) is 19.3. The average molecular weight is 384 g/mol. The first-order valence-electron chi connectivity index (χ1n) is 8.79. The van der Waals surface area contributed by atoms with Gasteiger partial charge in [-0.25, -0.2) is 9.37 Å². The van der Waals surface area contributed by atoms with Gasteiger partial charge < -0.3 is 20.3 Å². The number of nitrogen functional groups attached to an aromatic ring is 1. The van der Waals surface area contributed by atoms with Gasteiger partial charge in [-0.2, -0.15) is 0 Å². The third-order valence-corrected chi connectivity index (χ3v) is 4.55. The van der Waals surface area contributed by atoms with Crippen LogP contribution in [0.15, 0.2) is 48.7 Å². The molecular formula is C20H21FN4O3. The van der Waals surface area contributed by atoms with Gasteiger partial charge in [0.2, 0.25) is 5.91 Å². The molecular weight excluding hydrogens is 363 g/mol. The fourth-order valence-electron chi connectivity index (χ4n) is 2.93. The number of allylic oxidation sites excluding steroid dienone is 1. The maximum Gasteiger partial charge on any atom is 0.246 e. The van der Waals surface area contributed by atoms with Crippen molar-refractivity contribution in [3.63, 3.8) is 0 Å². The van der Waals surface area contributed by atoms with Gasteiger partial charge in [0.1, 0.15) is 17.4 Å². The molecule has 2 heterocycles. The van der Waals surface area contributed by atoms with E-state index in [1.165, 1.54) is 25.3 Å². The standard InChI is InChI=1S/C20H21FN4O3/c1-28-15-3-4-16(17(21)12-15)18(26)5-7-20(27)25-10-8-24(9-11-25)14-2-6-19(22)23-13-14/h2-7,12-13H,8-11H2,1H3,(H2,22,23)/b7-5+.